The van der Waals surface area contributed by atoms with Gasteiger partial charge in [-0.25, -0.2) is 0 Å². The third kappa shape index (κ3) is 4.77. The van der Waals surface area contributed by atoms with E-state index in [1.54, 1.807) is 24.3 Å². The average molecular weight is 441 g/mol. The molecule has 0 atom stereocenters. The number of benzene rings is 2. The minimum atomic E-state index is -0.331. The topological polar surface area (TPSA) is 88.4 Å². The standard InChI is InChI=1S/C23H28N4O5/c1-2-32-20-6-3-18(4-7-20)23(28)26-11-9-24(10-12-26)19-5-8-21(27(29)30)22(17-19)25-13-15-31-16-14-25/h3-8,17H,2,9-16H2,1H3. The second-order valence-corrected chi connectivity index (χ2v) is 7.77. The summed E-state index contributed by atoms with van der Waals surface area (Å²) in [5.41, 5.74) is 2.32. The number of nitrogens with zero attached hydrogens (tertiary/aromatic N) is 4. The molecule has 9 nitrogen and oxygen atoms in total. The summed E-state index contributed by atoms with van der Waals surface area (Å²) < 4.78 is 10.8. The van der Waals surface area contributed by atoms with E-state index in [9.17, 15) is 14.9 Å². The maximum atomic E-state index is 12.9. The summed E-state index contributed by atoms with van der Waals surface area (Å²) >= 11 is 0. The average Bonchev–Trinajstić information content (AvgIpc) is 2.84. The highest BCUT2D eigenvalue weighted by molar-refractivity contribution is 5.94. The van der Waals surface area contributed by atoms with E-state index >= 15 is 0 Å². The van der Waals surface area contributed by atoms with Crippen molar-refractivity contribution in [3.63, 3.8) is 0 Å². The number of nitro benzene ring substituents is 1. The van der Waals surface area contributed by atoms with Gasteiger partial charge in [-0.15, -0.1) is 0 Å². The molecule has 4 rings (SSSR count). The van der Waals surface area contributed by atoms with E-state index in [0.29, 0.717) is 70.3 Å². The van der Waals surface area contributed by atoms with Crippen LogP contribution in [-0.4, -0.2) is 74.8 Å². The largest absolute Gasteiger partial charge is 0.494 e. The number of morpholine rings is 1. The van der Waals surface area contributed by atoms with E-state index in [0.717, 1.165) is 11.4 Å². The van der Waals surface area contributed by atoms with Gasteiger partial charge in [-0.2, -0.15) is 0 Å². The summed E-state index contributed by atoms with van der Waals surface area (Å²) in [6.45, 7) is 7.43. The Kier molecular flexibility index (Phi) is 6.75. The molecule has 170 valence electrons. The van der Waals surface area contributed by atoms with Crippen LogP contribution in [0.3, 0.4) is 0 Å². The molecule has 1 amide bonds. The fourth-order valence-electron chi connectivity index (χ4n) is 4.13. The summed E-state index contributed by atoms with van der Waals surface area (Å²) in [4.78, 5) is 30.1. The number of amides is 1. The predicted molar refractivity (Wildman–Crippen MR) is 122 cm³/mol. The minimum absolute atomic E-state index is 0.00500. The van der Waals surface area contributed by atoms with Crippen molar-refractivity contribution in [3.05, 3.63) is 58.1 Å². The number of carbonyl (C=O) groups is 1. The molecule has 0 unspecified atom stereocenters. The van der Waals surface area contributed by atoms with Crippen molar-refractivity contribution in [2.45, 2.75) is 6.92 Å². The van der Waals surface area contributed by atoms with E-state index in [2.05, 4.69) is 4.90 Å². The Labute approximate surface area is 187 Å². The lowest BCUT2D eigenvalue weighted by Crippen LogP contribution is -2.48. The van der Waals surface area contributed by atoms with Gasteiger partial charge in [0.05, 0.1) is 24.7 Å². The number of ether oxygens (including phenoxy) is 2. The monoisotopic (exact) mass is 440 g/mol. The van der Waals surface area contributed by atoms with Crippen LogP contribution in [0.5, 0.6) is 5.75 Å². The third-order valence-corrected chi connectivity index (χ3v) is 5.85. The van der Waals surface area contributed by atoms with Crippen LogP contribution in [0.2, 0.25) is 0 Å². The van der Waals surface area contributed by atoms with Gasteiger partial charge in [-0.1, -0.05) is 0 Å². The summed E-state index contributed by atoms with van der Waals surface area (Å²) in [6, 6.07) is 12.5. The zero-order chi connectivity index (χ0) is 22.5. The number of nitro groups is 1. The van der Waals surface area contributed by atoms with E-state index < -0.39 is 0 Å². The van der Waals surface area contributed by atoms with Gasteiger partial charge < -0.3 is 24.2 Å². The van der Waals surface area contributed by atoms with Crippen LogP contribution in [0.4, 0.5) is 17.1 Å². The Morgan fingerprint density at radius 1 is 1.00 bits per heavy atom. The molecule has 2 heterocycles. The van der Waals surface area contributed by atoms with Gasteiger partial charge in [0, 0.05) is 56.6 Å². The SMILES string of the molecule is CCOc1ccc(C(=O)N2CCN(c3ccc([N+](=O)[O-])c(N4CCOCC4)c3)CC2)cc1. The molecule has 0 aliphatic carbocycles. The van der Waals surface area contributed by atoms with Crippen molar-refractivity contribution in [3.8, 4) is 5.75 Å². The molecule has 2 fully saturated rings. The molecule has 2 saturated heterocycles. The van der Waals surface area contributed by atoms with Crippen molar-refractivity contribution in [2.24, 2.45) is 0 Å². The molecular formula is C23H28N4O5. The molecule has 0 N–H and O–H groups in total. The van der Waals surface area contributed by atoms with Gasteiger partial charge in [0.25, 0.3) is 11.6 Å². The Hall–Kier alpha value is -3.33. The van der Waals surface area contributed by atoms with E-state index in [1.807, 2.05) is 34.9 Å². The molecule has 0 radical (unpaired) electrons. The first-order chi connectivity index (χ1) is 15.6. The van der Waals surface area contributed by atoms with Crippen LogP contribution in [0.1, 0.15) is 17.3 Å². The van der Waals surface area contributed by atoms with Crippen molar-refractivity contribution < 1.29 is 19.2 Å². The predicted octanol–water partition coefficient (Wildman–Crippen LogP) is 2.79. The van der Waals surface area contributed by atoms with Crippen LogP contribution in [-0.2, 0) is 4.74 Å². The van der Waals surface area contributed by atoms with E-state index in [4.69, 9.17) is 9.47 Å². The van der Waals surface area contributed by atoms with Gasteiger partial charge >= 0.3 is 0 Å². The number of hydrogen-bond acceptors (Lipinski definition) is 7. The molecule has 2 aromatic carbocycles. The zero-order valence-corrected chi connectivity index (χ0v) is 18.2. The lowest BCUT2D eigenvalue weighted by molar-refractivity contribution is -0.384. The number of carbonyl (C=O) groups excluding carboxylic acids is 1. The Morgan fingerprint density at radius 2 is 1.69 bits per heavy atom. The second-order valence-electron chi connectivity index (χ2n) is 7.77. The number of anilines is 2. The Bertz CT molecular complexity index is 951. The van der Waals surface area contributed by atoms with Gasteiger partial charge in [-0.3, -0.25) is 14.9 Å². The maximum Gasteiger partial charge on any atom is 0.292 e. The van der Waals surface area contributed by atoms with Crippen molar-refractivity contribution >= 4 is 23.0 Å². The quantitative estimate of drug-likeness (QED) is 0.504. The first-order valence-corrected chi connectivity index (χ1v) is 10.9. The highest BCUT2D eigenvalue weighted by Crippen LogP contribution is 2.33. The summed E-state index contributed by atoms with van der Waals surface area (Å²) in [5, 5.41) is 11.5. The van der Waals surface area contributed by atoms with Crippen LogP contribution in [0.15, 0.2) is 42.5 Å². The van der Waals surface area contributed by atoms with Crippen molar-refractivity contribution in [2.75, 3.05) is 68.9 Å². The molecule has 2 aliphatic heterocycles. The molecule has 0 spiro atoms. The van der Waals surface area contributed by atoms with Crippen LogP contribution < -0.4 is 14.5 Å². The van der Waals surface area contributed by atoms with Crippen molar-refractivity contribution in [1.29, 1.82) is 0 Å². The maximum absolute atomic E-state index is 12.9. The van der Waals surface area contributed by atoms with E-state index in [-0.39, 0.29) is 16.5 Å². The highest BCUT2D eigenvalue weighted by Gasteiger charge is 2.26. The molecule has 32 heavy (non-hydrogen) atoms. The number of piperazine rings is 1. The molecular weight excluding hydrogens is 412 g/mol. The third-order valence-electron chi connectivity index (χ3n) is 5.85. The summed E-state index contributed by atoms with van der Waals surface area (Å²) in [6.07, 6.45) is 0. The van der Waals surface area contributed by atoms with Crippen LogP contribution in [0, 0.1) is 10.1 Å². The van der Waals surface area contributed by atoms with Gasteiger partial charge in [-0.05, 0) is 43.3 Å². The normalized spacial score (nSPS) is 16.7. The Morgan fingerprint density at radius 3 is 2.31 bits per heavy atom. The molecule has 0 bridgehead atoms. The highest BCUT2D eigenvalue weighted by atomic mass is 16.6. The molecule has 0 saturated carbocycles. The summed E-state index contributed by atoms with van der Waals surface area (Å²) in [7, 11) is 0. The lowest BCUT2D eigenvalue weighted by Gasteiger charge is -2.37. The zero-order valence-electron chi connectivity index (χ0n) is 18.2. The fourth-order valence-corrected chi connectivity index (χ4v) is 4.13. The van der Waals surface area contributed by atoms with Crippen LogP contribution >= 0.6 is 0 Å². The van der Waals surface area contributed by atoms with Gasteiger partial charge in [0.15, 0.2) is 0 Å². The van der Waals surface area contributed by atoms with E-state index in [1.165, 1.54) is 0 Å². The number of hydrogen-bond donors (Lipinski definition) is 0. The summed E-state index contributed by atoms with van der Waals surface area (Å²) in [5.74, 6) is 0.758. The van der Waals surface area contributed by atoms with Crippen molar-refractivity contribution in [1.82, 2.24) is 4.90 Å². The van der Waals surface area contributed by atoms with Gasteiger partial charge in [0.1, 0.15) is 11.4 Å². The smallest absolute Gasteiger partial charge is 0.292 e. The van der Waals surface area contributed by atoms with Crippen LogP contribution in [0.25, 0.3) is 0 Å². The fraction of sp³-hybridized carbons (Fsp3) is 0.435. The molecule has 2 aromatic rings. The second kappa shape index (κ2) is 9.86. The molecule has 2 aliphatic rings. The number of rotatable bonds is 6. The first kappa shape index (κ1) is 21.9. The Balaban J connectivity index is 1.43. The van der Waals surface area contributed by atoms with Gasteiger partial charge in [0.2, 0.25) is 0 Å². The molecule has 9 heteroatoms. The first-order valence-electron chi connectivity index (χ1n) is 10.9. The lowest BCUT2D eigenvalue weighted by atomic mass is 10.1. The minimum Gasteiger partial charge on any atom is -0.494 e. The molecule has 0 aromatic heterocycles.